The van der Waals surface area contributed by atoms with Crippen molar-refractivity contribution in [1.82, 2.24) is 4.98 Å². The molecule has 0 bridgehead atoms. The van der Waals surface area contributed by atoms with E-state index in [1.165, 1.54) is 19.2 Å². The molecule has 0 radical (unpaired) electrons. The van der Waals surface area contributed by atoms with Gasteiger partial charge in [0, 0.05) is 16.8 Å². The summed E-state index contributed by atoms with van der Waals surface area (Å²) in [5, 5.41) is 0. The SMILES string of the molecule is COC(=O)c1c(C)[nH]c(C(=O)COC(=O)c2ccccc2C(=O)c2ccccc2)c1C. The summed E-state index contributed by atoms with van der Waals surface area (Å²) in [7, 11) is 1.26. The lowest BCUT2D eigenvalue weighted by Crippen LogP contribution is -2.18. The first-order valence-corrected chi connectivity index (χ1v) is 9.51. The highest BCUT2D eigenvalue weighted by molar-refractivity contribution is 6.14. The van der Waals surface area contributed by atoms with E-state index in [0.717, 1.165) is 0 Å². The summed E-state index contributed by atoms with van der Waals surface area (Å²) in [5.41, 5.74) is 2.04. The lowest BCUT2D eigenvalue weighted by Gasteiger charge is -2.09. The van der Waals surface area contributed by atoms with Crippen molar-refractivity contribution in [2.75, 3.05) is 13.7 Å². The number of rotatable bonds is 7. The number of hydrogen-bond donors (Lipinski definition) is 1. The molecule has 0 aliphatic rings. The van der Waals surface area contributed by atoms with Crippen molar-refractivity contribution in [2.24, 2.45) is 0 Å². The summed E-state index contributed by atoms with van der Waals surface area (Å²) in [6, 6.07) is 14.8. The Hall–Kier alpha value is -4.00. The number of hydrogen-bond acceptors (Lipinski definition) is 6. The highest BCUT2D eigenvalue weighted by atomic mass is 16.5. The van der Waals surface area contributed by atoms with Crippen LogP contribution in [-0.2, 0) is 9.47 Å². The Labute approximate surface area is 179 Å². The molecule has 0 saturated carbocycles. The van der Waals surface area contributed by atoms with Crippen molar-refractivity contribution in [1.29, 1.82) is 0 Å². The normalized spacial score (nSPS) is 10.4. The maximum absolute atomic E-state index is 12.8. The van der Waals surface area contributed by atoms with Crippen molar-refractivity contribution < 1.29 is 28.7 Å². The van der Waals surface area contributed by atoms with Gasteiger partial charge >= 0.3 is 11.9 Å². The van der Waals surface area contributed by atoms with E-state index in [4.69, 9.17) is 9.47 Å². The first-order valence-electron chi connectivity index (χ1n) is 9.51. The van der Waals surface area contributed by atoms with Gasteiger partial charge in [-0.1, -0.05) is 48.5 Å². The van der Waals surface area contributed by atoms with Gasteiger partial charge in [-0.05, 0) is 25.5 Å². The second kappa shape index (κ2) is 9.21. The van der Waals surface area contributed by atoms with Gasteiger partial charge in [0.15, 0.2) is 12.4 Å². The van der Waals surface area contributed by atoms with E-state index in [1.54, 1.807) is 56.3 Å². The molecule has 1 heterocycles. The number of esters is 2. The van der Waals surface area contributed by atoms with E-state index in [0.29, 0.717) is 16.8 Å². The Morgan fingerprint density at radius 3 is 2.10 bits per heavy atom. The smallest absolute Gasteiger partial charge is 0.339 e. The van der Waals surface area contributed by atoms with Crippen LogP contribution in [0.3, 0.4) is 0 Å². The fourth-order valence-electron chi connectivity index (χ4n) is 3.32. The molecule has 3 aromatic rings. The molecule has 0 aliphatic heterocycles. The Balaban J connectivity index is 1.78. The van der Waals surface area contributed by atoms with Crippen LogP contribution in [0, 0.1) is 13.8 Å². The van der Waals surface area contributed by atoms with Crippen LogP contribution in [0.25, 0.3) is 0 Å². The van der Waals surface area contributed by atoms with Gasteiger partial charge in [-0.15, -0.1) is 0 Å². The lowest BCUT2D eigenvalue weighted by molar-refractivity contribution is 0.0471. The highest BCUT2D eigenvalue weighted by Gasteiger charge is 2.24. The molecule has 7 heteroatoms. The van der Waals surface area contributed by atoms with E-state index < -0.39 is 24.3 Å². The molecule has 0 spiro atoms. The number of aryl methyl sites for hydroxylation is 1. The molecule has 0 fully saturated rings. The maximum atomic E-state index is 12.8. The molecule has 31 heavy (non-hydrogen) atoms. The summed E-state index contributed by atoms with van der Waals surface area (Å²) in [6.45, 7) is 2.71. The molecule has 7 nitrogen and oxygen atoms in total. The quantitative estimate of drug-likeness (QED) is 0.463. The number of carbonyl (C=O) groups excluding carboxylic acids is 4. The number of nitrogens with one attached hydrogen (secondary N) is 1. The Morgan fingerprint density at radius 2 is 1.45 bits per heavy atom. The maximum Gasteiger partial charge on any atom is 0.339 e. The standard InChI is InChI=1S/C24H21NO6/c1-14-20(24(29)30-3)15(2)25-21(14)19(26)13-31-23(28)18-12-8-7-11-17(18)22(27)16-9-5-4-6-10-16/h4-12,25H,13H2,1-3H3. The van der Waals surface area contributed by atoms with Crippen molar-refractivity contribution in [3.63, 3.8) is 0 Å². The van der Waals surface area contributed by atoms with Gasteiger partial charge in [-0.2, -0.15) is 0 Å². The first kappa shape index (κ1) is 21.7. The minimum absolute atomic E-state index is 0.0683. The zero-order chi connectivity index (χ0) is 22.5. The minimum atomic E-state index is -0.789. The molecule has 2 aromatic carbocycles. The zero-order valence-corrected chi connectivity index (χ0v) is 17.4. The van der Waals surface area contributed by atoms with Gasteiger partial charge < -0.3 is 14.5 Å². The second-order valence-electron chi connectivity index (χ2n) is 6.86. The molecule has 1 N–H and O–H groups in total. The molecule has 0 saturated heterocycles. The van der Waals surface area contributed by atoms with Gasteiger partial charge in [0.1, 0.15) is 0 Å². The fraction of sp³-hybridized carbons (Fsp3) is 0.167. The number of H-pyrrole nitrogens is 1. The first-order chi connectivity index (χ1) is 14.8. The van der Waals surface area contributed by atoms with E-state index in [2.05, 4.69) is 4.98 Å². The number of ether oxygens (including phenoxy) is 2. The van der Waals surface area contributed by atoms with Gasteiger partial charge in [-0.25, -0.2) is 9.59 Å². The average Bonchev–Trinajstić information content (AvgIpc) is 3.10. The third-order valence-corrected chi connectivity index (χ3v) is 4.87. The highest BCUT2D eigenvalue weighted by Crippen LogP contribution is 2.20. The van der Waals surface area contributed by atoms with E-state index in [1.807, 2.05) is 0 Å². The van der Waals surface area contributed by atoms with Crippen LogP contribution in [0.15, 0.2) is 54.6 Å². The van der Waals surface area contributed by atoms with Crippen molar-refractivity contribution in [3.8, 4) is 0 Å². The van der Waals surface area contributed by atoms with Crippen molar-refractivity contribution >= 4 is 23.5 Å². The van der Waals surface area contributed by atoms with E-state index in [-0.39, 0.29) is 28.2 Å². The summed E-state index contributed by atoms with van der Waals surface area (Å²) >= 11 is 0. The van der Waals surface area contributed by atoms with Gasteiger partial charge in [0.25, 0.3) is 0 Å². The van der Waals surface area contributed by atoms with Crippen LogP contribution >= 0.6 is 0 Å². The minimum Gasteiger partial charge on any atom is -0.465 e. The van der Waals surface area contributed by atoms with Gasteiger partial charge in [-0.3, -0.25) is 9.59 Å². The number of aromatic amines is 1. The van der Waals surface area contributed by atoms with Gasteiger partial charge in [0.05, 0.1) is 23.9 Å². The predicted molar refractivity (Wildman–Crippen MR) is 113 cm³/mol. The molecular formula is C24H21NO6. The number of methoxy groups -OCH3 is 1. The summed E-state index contributed by atoms with van der Waals surface area (Å²) < 4.78 is 9.92. The van der Waals surface area contributed by atoms with Crippen LogP contribution in [0.2, 0.25) is 0 Å². The molecule has 0 amide bonds. The number of carbonyl (C=O) groups is 4. The Kier molecular flexibility index (Phi) is 6.45. The third kappa shape index (κ3) is 4.45. The lowest BCUT2D eigenvalue weighted by atomic mass is 9.98. The monoisotopic (exact) mass is 419 g/mol. The summed E-state index contributed by atoms with van der Waals surface area (Å²) in [6.07, 6.45) is 0. The van der Waals surface area contributed by atoms with Crippen LogP contribution in [-0.4, -0.2) is 42.2 Å². The van der Waals surface area contributed by atoms with Crippen molar-refractivity contribution in [3.05, 3.63) is 93.8 Å². The molecule has 1 aromatic heterocycles. The number of ketones is 2. The van der Waals surface area contributed by atoms with Crippen LogP contribution in [0.5, 0.6) is 0 Å². The number of benzene rings is 2. The zero-order valence-electron chi connectivity index (χ0n) is 17.4. The predicted octanol–water partition coefficient (Wildman–Crippen LogP) is 3.69. The summed E-state index contributed by atoms with van der Waals surface area (Å²) in [4.78, 5) is 52.7. The van der Waals surface area contributed by atoms with E-state index in [9.17, 15) is 19.2 Å². The largest absolute Gasteiger partial charge is 0.465 e. The van der Waals surface area contributed by atoms with Crippen LogP contribution in [0.4, 0.5) is 0 Å². The summed E-state index contributed by atoms with van der Waals surface area (Å²) in [5.74, 6) is -2.17. The average molecular weight is 419 g/mol. The fourth-order valence-corrected chi connectivity index (χ4v) is 3.32. The second-order valence-corrected chi connectivity index (χ2v) is 6.86. The molecular weight excluding hydrogens is 398 g/mol. The van der Waals surface area contributed by atoms with Crippen LogP contribution in [0.1, 0.15) is 58.4 Å². The van der Waals surface area contributed by atoms with Crippen LogP contribution < -0.4 is 0 Å². The topological polar surface area (TPSA) is 103 Å². The van der Waals surface area contributed by atoms with E-state index >= 15 is 0 Å². The molecule has 0 unspecified atom stereocenters. The number of aromatic nitrogens is 1. The Morgan fingerprint density at radius 1 is 0.839 bits per heavy atom. The Bertz CT molecular complexity index is 1160. The molecule has 3 rings (SSSR count). The molecule has 158 valence electrons. The number of Topliss-reactive ketones (excluding diaryl/α,β-unsaturated/α-hetero) is 1. The molecule has 0 aliphatic carbocycles. The third-order valence-electron chi connectivity index (χ3n) is 4.87. The molecule has 0 atom stereocenters. The van der Waals surface area contributed by atoms with Crippen molar-refractivity contribution in [2.45, 2.75) is 13.8 Å². The van der Waals surface area contributed by atoms with Gasteiger partial charge in [0.2, 0.25) is 5.78 Å².